The third-order valence-electron chi connectivity index (χ3n) is 5.54. The second kappa shape index (κ2) is 9.52. The predicted molar refractivity (Wildman–Crippen MR) is 124 cm³/mol. The molecule has 5 nitrogen and oxygen atoms in total. The topological polar surface area (TPSA) is 66.5 Å². The lowest BCUT2D eigenvalue weighted by Crippen LogP contribution is -2.42. The van der Waals surface area contributed by atoms with E-state index in [2.05, 4.69) is 21.2 Å². The molecule has 32 heavy (non-hydrogen) atoms. The van der Waals surface area contributed by atoms with Crippen molar-refractivity contribution in [2.45, 2.75) is 30.3 Å². The van der Waals surface area contributed by atoms with E-state index in [4.69, 9.17) is 0 Å². The number of nitrogens with one attached hydrogen (secondary N) is 1. The van der Waals surface area contributed by atoms with Gasteiger partial charge in [0.1, 0.15) is 5.82 Å². The molecule has 0 spiro atoms. The standard InChI is InChI=1S/C24H22BrFN2O3S/c25-19-8-10-21(11-9-19)32(30,31)28-13-12-18-5-1-2-7-22(18)23(28)15-24(29)27-16-17-4-3-6-20(26)14-17/h1-11,14,23H,12-13,15-16H2,(H,27,29)/t23-/m0/s1. The van der Waals surface area contributed by atoms with Crippen LogP contribution in [0.5, 0.6) is 0 Å². The lowest BCUT2D eigenvalue weighted by atomic mass is 9.92. The van der Waals surface area contributed by atoms with Gasteiger partial charge in [-0.2, -0.15) is 4.31 Å². The van der Waals surface area contributed by atoms with E-state index in [0.717, 1.165) is 15.6 Å². The van der Waals surface area contributed by atoms with Gasteiger partial charge in [0.2, 0.25) is 15.9 Å². The van der Waals surface area contributed by atoms with Crippen molar-refractivity contribution in [1.29, 1.82) is 0 Å². The van der Waals surface area contributed by atoms with Crippen molar-refractivity contribution < 1.29 is 17.6 Å². The summed E-state index contributed by atoms with van der Waals surface area (Å²) in [4.78, 5) is 13.0. The quantitative estimate of drug-likeness (QED) is 0.521. The molecule has 0 saturated heterocycles. The van der Waals surface area contributed by atoms with E-state index in [1.165, 1.54) is 16.4 Å². The van der Waals surface area contributed by atoms with Crippen LogP contribution in [0.4, 0.5) is 4.39 Å². The van der Waals surface area contributed by atoms with Gasteiger partial charge >= 0.3 is 0 Å². The number of hydrogen-bond donors (Lipinski definition) is 1. The fourth-order valence-corrected chi connectivity index (χ4v) is 5.84. The summed E-state index contributed by atoms with van der Waals surface area (Å²) < 4.78 is 42.5. The Morgan fingerprint density at radius 2 is 1.81 bits per heavy atom. The smallest absolute Gasteiger partial charge is 0.243 e. The summed E-state index contributed by atoms with van der Waals surface area (Å²) in [6.07, 6.45) is 0.551. The van der Waals surface area contributed by atoms with Crippen molar-refractivity contribution in [3.05, 3.63) is 99.8 Å². The maximum absolute atomic E-state index is 13.5. The zero-order chi connectivity index (χ0) is 22.7. The Hall–Kier alpha value is -2.55. The van der Waals surface area contributed by atoms with Gasteiger partial charge in [0.25, 0.3) is 0 Å². The van der Waals surface area contributed by atoms with Crippen LogP contribution in [0.2, 0.25) is 0 Å². The van der Waals surface area contributed by atoms with Gasteiger partial charge < -0.3 is 5.32 Å². The summed E-state index contributed by atoms with van der Waals surface area (Å²) in [7, 11) is -3.81. The molecule has 0 bridgehead atoms. The van der Waals surface area contributed by atoms with Crippen LogP contribution in [-0.2, 0) is 27.8 Å². The van der Waals surface area contributed by atoms with Crippen molar-refractivity contribution in [2.24, 2.45) is 0 Å². The van der Waals surface area contributed by atoms with Gasteiger partial charge in [-0.15, -0.1) is 0 Å². The molecule has 3 aromatic carbocycles. The number of amides is 1. The Bertz CT molecular complexity index is 1230. The third kappa shape index (κ3) is 4.92. The molecule has 0 aromatic heterocycles. The monoisotopic (exact) mass is 516 g/mol. The van der Waals surface area contributed by atoms with Gasteiger partial charge in [0, 0.05) is 24.0 Å². The van der Waals surface area contributed by atoms with Gasteiger partial charge in [-0.3, -0.25) is 4.79 Å². The van der Waals surface area contributed by atoms with Crippen LogP contribution >= 0.6 is 15.9 Å². The van der Waals surface area contributed by atoms with Gasteiger partial charge in [0.15, 0.2) is 0 Å². The van der Waals surface area contributed by atoms with Crippen LogP contribution < -0.4 is 5.32 Å². The Kier molecular flexibility index (Phi) is 6.74. The summed E-state index contributed by atoms with van der Waals surface area (Å²) >= 11 is 3.33. The highest BCUT2D eigenvalue weighted by Crippen LogP contribution is 2.36. The number of halogens is 2. The van der Waals surface area contributed by atoms with Crippen molar-refractivity contribution in [2.75, 3.05) is 6.54 Å². The van der Waals surface area contributed by atoms with Crippen molar-refractivity contribution in [1.82, 2.24) is 9.62 Å². The molecule has 0 fully saturated rings. The van der Waals surface area contributed by atoms with E-state index in [0.29, 0.717) is 12.0 Å². The second-order valence-corrected chi connectivity index (χ2v) is 10.5. The lowest BCUT2D eigenvalue weighted by molar-refractivity contribution is -0.122. The van der Waals surface area contributed by atoms with E-state index in [-0.39, 0.29) is 36.1 Å². The Morgan fingerprint density at radius 3 is 2.56 bits per heavy atom. The Balaban J connectivity index is 1.59. The first-order chi connectivity index (χ1) is 15.3. The number of hydrogen-bond acceptors (Lipinski definition) is 3. The fourth-order valence-electron chi connectivity index (χ4n) is 3.97. The molecule has 1 amide bonds. The summed E-state index contributed by atoms with van der Waals surface area (Å²) in [5.41, 5.74) is 2.51. The Morgan fingerprint density at radius 1 is 1.06 bits per heavy atom. The molecule has 1 aliphatic rings. The van der Waals surface area contributed by atoms with Gasteiger partial charge in [-0.1, -0.05) is 52.3 Å². The van der Waals surface area contributed by atoms with Crippen molar-refractivity contribution in [3.63, 3.8) is 0 Å². The van der Waals surface area contributed by atoms with Crippen LogP contribution in [0.15, 0.2) is 82.2 Å². The summed E-state index contributed by atoms with van der Waals surface area (Å²) in [6.45, 7) is 0.460. The normalized spacial score (nSPS) is 16.4. The molecule has 3 aromatic rings. The molecule has 1 atom stereocenters. The molecule has 0 aliphatic carbocycles. The van der Waals surface area contributed by atoms with E-state index in [9.17, 15) is 17.6 Å². The first-order valence-corrected chi connectivity index (χ1v) is 12.4. The van der Waals surface area contributed by atoms with Crippen LogP contribution in [0.25, 0.3) is 0 Å². The highest BCUT2D eigenvalue weighted by atomic mass is 79.9. The minimum absolute atomic E-state index is 0.0257. The minimum Gasteiger partial charge on any atom is -0.352 e. The molecular weight excluding hydrogens is 495 g/mol. The number of fused-ring (bicyclic) bond motifs is 1. The first-order valence-electron chi connectivity index (χ1n) is 10.2. The highest BCUT2D eigenvalue weighted by Gasteiger charge is 2.37. The SMILES string of the molecule is O=C(C[C@H]1c2ccccc2CCN1S(=O)(=O)c1ccc(Br)cc1)NCc1cccc(F)c1. The summed E-state index contributed by atoms with van der Waals surface area (Å²) in [6, 6.07) is 19.5. The van der Waals surface area contributed by atoms with Gasteiger partial charge in [-0.25, -0.2) is 12.8 Å². The van der Waals surface area contributed by atoms with Crippen molar-refractivity contribution in [3.8, 4) is 0 Å². The number of carbonyl (C=O) groups is 1. The number of rotatable bonds is 6. The largest absolute Gasteiger partial charge is 0.352 e. The van der Waals surface area contributed by atoms with Crippen LogP contribution in [0.3, 0.4) is 0 Å². The number of benzene rings is 3. The average Bonchev–Trinajstić information content (AvgIpc) is 2.78. The Labute approximate surface area is 195 Å². The van der Waals surface area contributed by atoms with Crippen molar-refractivity contribution >= 4 is 31.9 Å². The molecule has 166 valence electrons. The maximum Gasteiger partial charge on any atom is 0.243 e. The van der Waals surface area contributed by atoms with E-state index in [1.807, 2.05) is 24.3 Å². The predicted octanol–water partition coefficient (Wildman–Crippen LogP) is 4.58. The minimum atomic E-state index is -3.81. The lowest BCUT2D eigenvalue weighted by Gasteiger charge is -2.36. The zero-order valence-corrected chi connectivity index (χ0v) is 19.6. The maximum atomic E-state index is 13.5. The van der Waals surface area contributed by atoms with Crippen LogP contribution in [-0.4, -0.2) is 25.2 Å². The number of sulfonamides is 1. The molecule has 1 aliphatic heterocycles. The number of nitrogens with zero attached hydrogens (tertiary/aromatic N) is 1. The van der Waals surface area contributed by atoms with E-state index < -0.39 is 16.1 Å². The fraction of sp³-hybridized carbons (Fsp3) is 0.208. The molecule has 4 rings (SSSR count). The first kappa shape index (κ1) is 22.6. The molecule has 0 saturated carbocycles. The van der Waals surface area contributed by atoms with Gasteiger partial charge in [-0.05, 0) is 59.5 Å². The van der Waals surface area contributed by atoms with E-state index in [1.54, 1.807) is 36.4 Å². The molecule has 8 heteroatoms. The van der Waals surface area contributed by atoms with Crippen LogP contribution in [0.1, 0.15) is 29.2 Å². The molecular formula is C24H22BrFN2O3S. The second-order valence-electron chi connectivity index (χ2n) is 7.65. The molecule has 1 heterocycles. The van der Waals surface area contributed by atoms with Crippen LogP contribution in [0, 0.1) is 5.82 Å². The van der Waals surface area contributed by atoms with E-state index >= 15 is 0 Å². The average molecular weight is 517 g/mol. The zero-order valence-electron chi connectivity index (χ0n) is 17.2. The third-order valence-corrected chi connectivity index (χ3v) is 7.99. The molecule has 0 radical (unpaired) electrons. The summed E-state index contributed by atoms with van der Waals surface area (Å²) in [5.74, 6) is -0.670. The highest BCUT2D eigenvalue weighted by molar-refractivity contribution is 9.10. The molecule has 0 unspecified atom stereocenters. The van der Waals surface area contributed by atoms with Gasteiger partial charge in [0.05, 0.1) is 10.9 Å². The molecule has 1 N–H and O–H groups in total. The summed E-state index contributed by atoms with van der Waals surface area (Å²) in [5, 5.41) is 2.79. The number of carbonyl (C=O) groups excluding carboxylic acids is 1.